The molecule has 0 saturated heterocycles. The Bertz CT molecular complexity index is 921. The molecule has 0 spiro atoms. The first kappa shape index (κ1) is 19.0. The fraction of sp³-hybridized carbons (Fsp3) is 0.250. The van der Waals surface area contributed by atoms with Gasteiger partial charge in [0.1, 0.15) is 11.3 Å². The summed E-state index contributed by atoms with van der Waals surface area (Å²) >= 11 is 1.13. The van der Waals surface area contributed by atoms with Gasteiger partial charge in [-0.15, -0.1) is 0 Å². The molecule has 7 heteroatoms. The Hall–Kier alpha value is -2.80. The van der Waals surface area contributed by atoms with Crippen molar-refractivity contribution in [3.63, 3.8) is 0 Å². The Kier molecular flexibility index (Phi) is 6.13. The SMILES string of the molecule is Cc1ccccc1[C@H](C)NC(=O)COC(=O)CSc1nc2ccccc2o1. The van der Waals surface area contributed by atoms with Crippen LogP contribution >= 0.6 is 11.8 Å². The van der Waals surface area contributed by atoms with E-state index in [0.717, 1.165) is 28.4 Å². The number of hydrogen-bond acceptors (Lipinski definition) is 6. The highest BCUT2D eigenvalue weighted by Gasteiger charge is 2.14. The Morgan fingerprint density at radius 3 is 2.70 bits per heavy atom. The molecular weight excluding hydrogens is 364 g/mol. The number of esters is 1. The maximum atomic E-state index is 12.0. The molecule has 27 heavy (non-hydrogen) atoms. The number of hydrogen-bond donors (Lipinski definition) is 1. The summed E-state index contributed by atoms with van der Waals surface area (Å²) < 4.78 is 10.5. The zero-order valence-corrected chi connectivity index (χ0v) is 15.9. The Labute approximate surface area is 161 Å². The molecule has 0 unspecified atom stereocenters. The smallest absolute Gasteiger partial charge is 0.316 e. The van der Waals surface area contributed by atoms with Gasteiger partial charge < -0.3 is 14.5 Å². The van der Waals surface area contributed by atoms with Gasteiger partial charge in [-0.25, -0.2) is 4.98 Å². The van der Waals surface area contributed by atoms with E-state index in [0.29, 0.717) is 10.8 Å². The molecular formula is C20H20N2O4S. The second-order valence-corrected chi connectivity index (χ2v) is 6.97. The predicted octanol–water partition coefficient (Wildman–Crippen LogP) is 3.65. The Morgan fingerprint density at radius 2 is 1.93 bits per heavy atom. The Balaban J connectivity index is 1.43. The number of benzene rings is 2. The minimum Gasteiger partial charge on any atom is -0.455 e. The number of nitrogens with one attached hydrogen (secondary N) is 1. The van der Waals surface area contributed by atoms with Gasteiger partial charge in [0.2, 0.25) is 0 Å². The minimum absolute atomic E-state index is 0.0213. The van der Waals surface area contributed by atoms with Crippen LogP contribution in [0.3, 0.4) is 0 Å². The highest BCUT2D eigenvalue weighted by molar-refractivity contribution is 7.99. The number of oxazole rings is 1. The third kappa shape index (κ3) is 5.10. The van der Waals surface area contributed by atoms with Crippen molar-refractivity contribution < 1.29 is 18.7 Å². The number of nitrogens with zero attached hydrogens (tertiary/aromatic N) is 1. The number of ether oxygens (including phenoxy) is 1. The van der Waals surface area contributed by atoms with Crippen molar-refractivity contribution in [3.05, 3.63) is 59.7 Å². The van der Waals surface area contributed by atoms with Crippen molar-refractivity contribution in [1.29, 1.82) is 0 Å². The van der Waals surface area contributed by atoms with Crippen LogP contribution in [0.25, 0.3) is 11.1 Å². The summed E-state index contributed by atoms with van der Waals surface area (Å²) in [5, 5.41) is 3.22. The van der Waals surface area contributed by atoms with Gasteiger partial charge in [0.25, 0.3) is 11.1 Å². The number of amides is 1. The molecule has 0 radical (unpaired) electrons. The van der Waals surface area contributed by atoms with Crippen molar-refractivity contribution in [1.82, 2.24) is 10.3 Å². The van der Waals surface area contributed by atoms with E-state index >= 15 is 0 Å². The van der Waals surface area contributed by atoms with Crippen molar-refractivity contribution >= 4 is 34.7 Å². The van der Waals surface area contributed by atoms with Gasteiger partial charge in [-0.1, -0.05) is 48.2 Å². The number of fused-ring (bicyclic) bond motifs is 1. The molecule has 6 nitrogen and oxygen atoms in total. The van der Waals surface area contributed by atoms with E-state index in [1.165, 1.54) is 0 Å². The van der Waals surface area contributed by atoms with Crippen LogP contribution in [-0.4, -0.2) is 29.2 Å². The summed E-state index contributed by atoms with van der Waals surface area (Å²) in [6.45, 7) is 3.57. The maximum absolute atomic E-state index is 12.0. The van der Waals surface area contributed by atoms with Crippen LogP contribution in [0, 0.1) is 6.92 Å². The molecule has 1 N–H and O–H groups in total. The molecule has 3 rings (SSSR count). The van der Waals surface area contributed by atoms with Gasteiger partial charge in [0.15, 0.2) is 12.2 Å². The quantitative estimate of drug-likeness (QED) is 0.495. The predicted molar refractivity (Wildman–Crippen MR) is 103 cm³/mol. The largest absolute Gasteiger partial charge is 0.455 e. The lowest BCUT2D eigenvalue weighted by atomic mass is 10.0. The number of carbonyl (C=O) groups excluding carboxylic acids is 2. The average molecular weight is 384 g/mol. The molecule has 140 valence electrons. The number of aromatic nitrogens is 1. The molecule has 1 amide bonds. The first-order chi connectivity index (χ1) is 13.0. The van der Waals surface area contributed by atoms with Crippen LogP contribution < -0.4 is 5.32 Å². The molecule has 0 saturated carbocycles. The van der Waals surface area contributed by atoms with Gasteiger partial charge in [0, 0.05) is 0 Å². The first-order valence-corrected chi connectivity index (χ1v) is 9.50. The molecule has 0 aliphatic heterocycles. The monoisotopic (exact) mass is 384 g/mol. The number of aryl methyl sites for hydroxylation is 1. The lowest BCUT2D eigenvalue weighted by Gasteiger charge is -2.16. The van der Waals surface area contributed by atoms with Crippen LogP contribution in [0.5, 0.6) is 0 Å². The average Bonchev–Trinajstić information content (AvgIpc) is 3.08. The normalized spacial score (nSPS) is 11.9. The summed E-state index contributed by atoms with van der Waals surface area (Å²) in [7, 11) is 0. The third-order valence-corrected chi connectivity index (χ3v) is 4.79. The van der Waals surface area contributed by atoms with Gasteiger partial charge in [-0.3, -0.25) is 9.59 Å². The van der Waals surface area contributed by atoms with Gasteiger partial charge >= 0.3 is 5.97 Å². The molecule has 3 aromatic rings. The number of rotatable bonds is 7. The first-order valence-electron chi connectivity index (χ1n) is 8.52. The second kappa shape index (κ2) is 8.73. The zero-order chi connectivity index (χ0) is 19.2. The highest BCUT2D eigenvalue weighted by Crippen LogP contribution is 2.23. The number of para-hydroxylation sites is 2. The lowest BCUT2D eigenvalue weighted by molar-refractivity contribution is -0.146. The fourth-order valence-corrected chi connectivity index (χ4v) is 3.29. The van der Waals surface area contributed by atoms with Crippen molar-refractivity contribution in [2.75, 3.05) is 12.4 Å². The van der Waals surface area contributed by atoms with Crippen LogP contribution in [-0.2, 0) is 14.3 Å². The molecule has 0 fully saturated rings. The summed E-state index contributed by atoms with van der Waals surface area (Å²) in [5.41, 5.74) is 3.52. The Morgan fingerprint density at radius 1 is 1.19 bits per heavy atom. The van der Waals surface area contributed by atoms with Crippen molar-refractivity contribution in [3.8, 4) is 0 Å². The lowest BCUT2D eigenvalue weighted by Crippen LogP contribution is -2.31. The standard InChI is InChI=1S/C20H20N2O4S/c1-13-7-3-4-8-15(13)14(2)21-18(23)11-25-19(24)12-27-20-22-16-9-5-6-10-17(16)26-20/h3-10,14H,11-12H2,1-2H3,(H,21,23)/t14-/m0/s1. The molecule has 1 atom stereocenters. The third-order valence-electron chi connectivity index (χ3n) is 3.98. The summed E-state index contributed by atoms with van der Waals surface area (Å²) in [6.07, 6.45) is 0. The molecule has 0 aliphatic rings. The van der Waals surface area contributed by atoms with E-state index in [4.69, 9.17) is 9.15 Å². The van der Waals surface area contributed by atoms with E-state index in [9.17, 15) is 9.59 Å². The summed E-state index contributed by atoms with van der Waals surface area (Å²) in [6, 6.07) is 15.0. The molecule has 0 bridgehead atoms. The van der Waals surface area contributed by atoms with Crippen LogP contribution in [0.4, 0.5) is 0 Å². The molecule has 1 heterocycles. The van der Waals surface area contributed by atoms with Crippen molar-refractivity contribution in [2.24, 2.45) is 0 Å². The maximum Gasteiger partial charge on any atom is 0.316 e. The molecule has 0 aliphatic carbocycles. The summed E-state index contributed by atoms with van der Waals surface area (Å²) in [5.74, 6) is -0.820. The highest BCUT2D eigenvalue weighted by atomic mass is 32.2. The van der Waals surface area contributed by atoms with Crippen molar-refractivity contribution in [2.45, 2.75) is 25.1 Å². The van der Waals surface area contributed by atoms with E-state index in [2.05, 4.69) is 10.3 Å². The van der Waals surface area contributed by atoms with Gasteiger partial charge in [0.05, 0.1) is 6.04 Å². The summed E-state index contributed by atoms with van der Waals surface area (Å²) in [4.78, 5) is 28.1. The fourth-order valence-electron chi connectivity index (χ4n) is 2.65. The van der Waals surface area contributed by atoms with E-state index in [1.807, 2.05) is 62.4 Å². The van der Waals surface area contributed by atoms with Crippen LogP contribution in [0.15, 0.2) is 58.2 Å². The molecule has 1 aromatic heterocycles. The molecule has 2 aromatic carbocycles. The van der Waals surface area contributed by atoms with E-state index < -0.39 is 5.97 Å². The zero-order valence-electron chi connectivity index (χ0n) is 15.1. The van der Waals surface area contributed by atoms with E-state index in [-0.39, 0.29) is 24.3 Å². The topological polar surface area (TPSA) is 81.4 Å². The van der Waals surface area contributed by atoms with Crippen LogP contribution in [0.1, 0.15) is 24.1 Å². The number of thioether (sulfide) groups is 1. The second-order valence-electron chi connectivity index (χ2n) is 6.04. The van der Waals surface area contributed by atoms with Gasteiger partial charge in [-0.2, -0.15) is 0 Å². The number of carbonyl (C=O) groups is 2. The minimum atomic E-state index is -0.499. The van der Waals surface area contributed by atoms with Gasteiger partial charge in [-0.05, 0) is 37.1 Å². The van der Waals surface area contributed by atoms with Crippen LogP contribution in [0.2, 0.25) is 0 Å². The van der Waals surface area contributed by atoms with E-state index in [1.54, 1.807) is 0 Å².